The number of carbonyl (C=O) groups excluding carboxylic acids is 1. The van der Waals surface area contributed by atoms with Gasteiger partial charge in [0.2, 0.25) is 0 Å². The van der Waals surface area contributed by atoms with Crippen LogP contribution in [0.4, 0.5) is 4.79 Å². The van der Waals surface area contributed by atoms with Crippen LogP contribution in [0.25, 0.3) is 0 Å². The molecule has 1 aromatic carbocycles. The van der Waals surface area contributed by atoms with E-state index in [4.69, 9.17) is 9.47 Å². The Bertz CT molecular complexity index is 360. The molecule has 16 heavy (non-hydrogen) atoms. The fourth-order valence-corrected chi connectivity index (χ4v) is 1.13. The summed E-state index contributed by atoms with van der Waals surface area (Å²) in [5, 5.41) is 0. The Hall–Kier alpha value is -1.97. The van der Waals surface area contributed by atoms with Crippen LogP contribution in [0.2, 0.25) is 0 Å². The second-order valence-electron chi connectivity index (χ2n) is 2.95. The first-order valence-electron chi connectivity index (χ1n) is 4.80. The van der Waals surface area contributed by atoms with Crippen molar-refractivity contribution in [3.63, 3.8) is 0 Å². The van der Waals surface area contributed by atoms with Crippen LogP contribution in [0.15, 0.2) is 36.9 Å². The first-order chi connectivity index (χ1) is 7.77. The summed E-state index contributed by atoms with van der Waals surface area (Å²) in [5.41, 5.74) is 0.792. The van der Waals surface area contributed by atoms with E-state index < -0.39 is 6.16 Å². The fourth-order valence-electron chi connectivity index (χ4n) is 1.13. The first kappa shape index (κ1) is 12.1. The number of benzene rings is 1. The summed E-state index contributed by atoms with van der Waals surface area (Å²) in [7, 11) is 1.56. The van der Waals surface area contributed by atoms with Crippen LogP contribution in [-0.4, -0.2) is 19.9 Å². The molecule has 0 fully saturated rings. The monoisotopic (exact) mass is 222 g/mol. The number of hydrogen-bond donors (Lipinski definition) is 0. The molecule has 0 N–H and O–H groups in total. The van der Waals surface area contributed by atoms with Crippen LogP contribution in [0.3, 0.4) is 0 Å². The van der Waals surface area contributed by atoms with Crippen molar-refractivity contribution in [2.75, 3.05) is 13.7 Å². The Morgan fingerprint density at radius 1 is 1.38 bits per heavy atom. The molecule has 1 aromatic rings. The lowest BCUT2D eigenvalue weighted by Crippen LogP contribution is -2.07. The summed E-state index contributed by atoms with van der Waals surface area (Å²) in [6.45, 7) is 3.69. The summed E-state index contributed by atoms with van der Waals surface area (Å²) in [5.74, 6) is 0.680. The predicted molar refractivity (Wildman–Crippen MR) is 59.3 cm³/mol. The maximum absolute atomic E-state index is 11.0. The molecular weight excluding hydrogens is 208 g/mol. The van der Waals surface area contributed by atoms with Crippen molar-refractivity contribution in [3.8, 4) is 5.75 Å². The van der Waals surface area contributed by atoms with Gasteiger partial charge in [-0.3, -0.25) is 0 Å². The van der Waals surface area contributed by atoms with Gasteiger partial charge < -0.3 is 14.2 Å². The van der Waals surface area contributed by atoms with E-state index in [2.05, 4.69) is 11.3 Å². The van der Waals surface area contributed by atoms with Gasteiger partial charge in [-0.2, -0.15) is 0 Å². The fraction of sp³-hybridized carbons (Fsp3) is 0.250. The van der Waals surface area contributed by atoms with Crippen molar-refractivity contribution in [2.24, 2.45) is 0 Å². The molecule has 0 atom stereocenters. The summed E-state index contributed by atoms with van der Waals surface area (Å²) in [6.07, 6.45) is 0.760. The van der Waals surface area contributed by atoms with Gasteiger partial charge in [0.15, 0.2) is 0 Å². The molecule has 0 aromatic heterocycles. The molecule has 0 amide bonds. The van der Waals surface area contributed by atoms with Crippen molar-refractivity contribution in [3.05, 3.63) is 42.5 Å². The molecule has 4 nitrogen and oxygen atoms in total. The summed E-state index contributed by atoms with van der Waals surface area (Å²) in [4.78, 5) is 11.0. The Morgan fingerprint density at radius 3 is 2.81 bits per heavy atom. The van der Waals surface area contributed by atoms with Crippen LogP contribution in [-0.2, 0) is 16.1 Å². The Labute approximate surface area is 94.4 Å². The van der Waals surface area contributed by atoms with Gasteiger partial charge in [-0.15, -0.1) is 0 Å². The number of hydrogen-bond acceptors (Lipinski definition) is 4. The van der Waals surface area contributed by atoms with E-state index in [1.54, 1.807) is 13.2 Å². The molecule has 1 rings (SSSR count). The van der Waals surface area contributed by atoms with Crippen molar-refractivity contribution >= 4 is 6.16 Å². The molecule has 0 heterocycles. The molecule has 0 aliphatic heterocycles. The minimum atomic E-state index is -0.717. The van der Waals surface area contributed by atoms with Gasteiger partial charge in [0, 0.05) is 5.56 Å². The van der Waals surface area contributed by atoms with Crippen molar-refractivity contribution in [2.45, 2.75) is 6.61 Å². The minimum Gasteiger partial charge on any atom is -0.496 e. The van der Waals surface area contributed by atoms with Crippen molar-refractivity contribution in [1.82, 2.24) is 0 Å². The van der Waals surface area contributed by atoms with E-state index >= 15 is 0 Å². The normalized spacial score (nSPS) is 9.31. The number of rotatable bonds is 5. The van der Waals surface area contributed by atoms with E-state index in [-0.39, 0.29) is 13.2 Å². The van der Waals surface area contributed by atoms with Gasteiger partial charge in [-0.05, 0) is 6.07 Å². The van der Waals surface area contributed by atoms with Crippen LogP contribution in [0.5, 0.6) is 5.75 Å². The van der Waals surface area contributed by atoms with Crippen LogP contribution >= 0.6 is 0 Å². The third-order valence-electron chi connectivity index (χ3n) is 1.86. The minimum absolute atomic E-state index is 0.125. The lowest BCUT2D eigenvalue weighted by Gasteiger charge is -2.08. The molecule has 0 unspecified atom stereocenters. The highest BCUT2D eigenvalue weighted by atomic mass is 16.7. The third kappa shape index (κ3) is 3.65. The van der Waals surface area contributed by atoms with Gasteiger partial charge in [0.25, 0.3) is 0 Å². The number of methoxy groups -OCH3 is 1. The molecule has 0 radical (unpaired) electrons. The lowest BCUT2D eigenvalue weighted by molar-refractivity contribution is 0.0572. The van der Waals surface area contributed by atoms with Gasteiger partial charge in [0.05, 0.1) is 7.11 Å². The first-order valence-corrected chi connectivity index (χ1v) is 4.80. The Kier molecular flexibility index (Phi) is 4.92. The number of ether oxygens (including phenoxy) is 3. The average molecular weight is 222 g/mol. The zero-order valence-electron chi connectivity index (χ0n) is 9.14. The second-order valence-corrected chi connectivity index (χ2v) is 2.95. The molecule has 0 spiro atoms. The lowest BCUT2D eigenvalue weighted by atomic mass is 10.2. The van der Waals surface area contributed by atoms with Gasteiger partial charge in [0.1, 0.15) is 19.0 Å². The van der Waals surface area contributed by atoms with Crippen molar-refractivity contribution in [1.29, 1.82) is 0 Å². The van der Waals surface area contributed by atoms with E-state index in [1.807, 2.05) is 18.2 Å². The molecular formula is C12H14O4. The van der Waals surface area contributed by atoms with E-state index in [1.165, 1.54) is 6.08 Å². The molecule has 0 aliphatic carbocycles. The molecule has 4 heteroatoms. The highest BCUT2D eigenvalue weighted by Gasteiger charge is 2.06. The van der Waals surface area contributed by atoms with Crippen molar-refractivity contribution < 1.29 is 19.0 Å². The van der Waals surface area contributed by atoms with Gasteiger partial charge >= 0.3 is 6.16 Å². The maximum atomic E-state index is 11.0. The average Bonchev–Trinajstić information content (AvgIpc) is 2.34. The number of carbonyl (C=O) groups is 1. The zero-order chi connectivity index (χ0) is 11.8. The Balaban J connectivity index is 2.47. The topological polar surface area (TPSA) is 44.8 Å². The molecule has 0 saturated carbocycles. The molecule has 0 saturated heterocycles. The SMILES string of the molecule is C=CCOC(=O)OCc1ccccc1OC. The highest BCUT2D eigenvalue weighted by Crippen LogP contribution is 2.18. The van der Waals surface area contributed by atoms with Crippen LogP contribution in [0.1, 0.15) is 5.56 Å². The van der Waals surface area contributed by atoms with E-state index in [0.29, 0.717) is 5.75 Å². The van der Waals surface area contributed by atoms with Crippen LogP contribution in [0, 0.1) is 0 Å². The molecule has 0 bridgehead atoms. The summed E-state index contributed by atoms with van der Waals surface area (Å²) >= 11 is 0. The van der Waals surface area contributed by atoms with E-state index in [0.717, 1.165) is 5.56 Å². The van der Waals surface area contributed by atoms with Gasteiger partial charge in [-0.1, -0.05) is 30.9 Å². The third-order valence-corrected chi connectivity index (χ3v) is 1.86. The number of para-hydroxylation sites is 1. The van der Waals surface area contributed by atoms with Gasteiger partial charge in [-0.25, -0.2) is 4.79 Å². The summed E-state index contributed by atoms with van der Waals surface area (Å²) < 4.78 is 14.7. The highest BCUT2D eigenvalue weighted by molar-refractivity contribution is 5.60. The standard InChI is InChI=1S/C12H14O4/c1-3-8-15-12(13)16-9-10-6-4-5-7-11(10)14-2/h3-7H,1,8-9H2,2H3. The second kappa shape index (κ2) is 6.50. The van der Waals surface area contributed by atoms with Crippen LogP contribution < -0.4 is 4.74 Å². The molecule has 86 valence electrons. The predicted octanol–water partition coefficient (Wildman–Crippen LogP) is 2.53. The molecule has 0 aliphatic rings. The zero-order valence-corrected chi connectivity index (χ0v) is 9.14. The summed E-state index contributed by atoms with van der Waals surface area (Å²) in [6, 6.07) is 7.31. The Morgan fingerprint density at radius 2 is 2.12 bits per heavy atom. The quantitative estimate of drug-likeness (QED) is 0.567. The van der Waals surface area contributed by atoms with E-state index in [9.17, 15) is 4.79 Å². The smallest absolute Gasteiger partial charge is 0.496 e. The maximum Gasteiger partial charge on any atom is 0.508 e. The largest absolute Gasteiger partial charge is 0.508 e.